The van der Waals surface area contributed by atoms with Crippen molar-refractivity contribution in [1.29, 1.82) is 0 Å². The molecule has 0 bridgehead atoms. The molecule has 1 aromatic heterocycles. The van der Waals surface area contributed by atoms with Gasteiger partial charge in [0.15, 0.2) is 0 Å². The summed E-state index contributed by atoms with van der Waals surface area (Å²) in [6.45, 7) is 7.74. The van der Waals surface area contributed by atoms with Gasteiger partial charge in [-0.05, 0) is 29.8 Å². The lowest BCUT2D eigenvalue weighted by Crippen LogP contribution is -2.48. The Balaban J connectivity index is 1.74. The van der Waals surface area contributed by atoms with E-state index in [9.17, 15) is 13.2 Å². The van der Waals surface area contributed by atoms with Crippen molar-refractivity contribution in [3.05, 3.63) is 53.9 Å². The molecule has 1 amide bonds. The number of hydrogen-bond donors (Lipinski definition) is 0. The maximum Gasteiger partial charge on any atom is 0.253 e. The predicted octanol–water partition coefficient (Wildman–Crippen LogP) is 2.08. The van der Waals surface area contributed by atoms with Crippen LogP contribution in [0.1, 0.15) is 29.8 Å². The van der Waals surface area contributed by atoms with Crippen LogP contribution in [0.2, 0.25) is 0 Å². The Kier molecular flexibility index (Phi) is 7.64. The minimum absolute atomic E-state index is 0.0276. The molecule has 1 aliphatic heterocycles. The number of rotatable bonds is 8. The van der Waals surface area contributed by atoms with Gasteiger partial charge in [-0.25, -0.2) is 8.42 Å². The Labute approximate surface area is 184 Å². The van der Waals surface area contributed by atoms with Gasteiger partial charge in [0.25, 0.3) is 5.91 Å². The molecule has 1 fully saturated rings. The van der Waals surface area contributed by atoms with Crippen LogP contribution in [0.15, 0.2) is 47.6 Å². The lowest BCUT2D eigenvalue weighted by Gasteiger charge is -2.34. The van der Waals surface area contributed by atoms with Gasteiger partial charge in [-0.3, -0.25) is 14.7 Å². The fraction of sp³-hybridized carbons (Fsp3) is 0.455. The van der Waals surface area contributed by atoms with Crippen molar-refractivity contribution >= 4 is 15.9 Å². The zero-order valence-corrected chi connectivity index (χ0v) is 19.1. The first kappa shape index (κ1) is 23.2. The summed E-state index contributed by atoms with van der Waals surface area (Å²) in [5, 5.41) is 0. The summed E-state index contributed by atoms with van der Waals surface area (Å²) in [6.07, 6.45) is 3.61. The van der Waals surface area contributed by atoms with Crippen LogP contribution in [0.3, 0.4) is 0 Å². The number of carbonyl (C=O) groups excluding carboxylic acids is 1. The SMILES string of the molecule is CCN(CC)S(=O)(=O)c1cc(C(=O)N2CCN(Cc3cccnc3)CC2)ccc1OC. The molecule has 1 aromatic carbocycles. The second-order valence-electron chi connectivity index (χ2n) is 7.38. The van der Waals surface area contributed by atoms with Crippen molar-refractivity contribution in [2.75, 3.05) is 46.4 Å². The number of pyridine rings is 1. The largest absolute Gasteiger partial charge is 0.495 e. The molecule has 0 unspecified atom stereocenters. The van der Waals surface area contributed by atoms with Crippen LogP contribution in [0.5, 0.6) is 5.75 Å². The molecule has 3 rings (SSSR count). The van der Waals surface area contributed by atoms with Gasteiger partial charge < -0.3 is 9.64 Å². The standard InChI is InChI=1S/C22H30N4O4S/c1-4-26(5-2)31(28,29)21-15-19(8-9-20(21)30-3)22(27)25-13-11-24(12-14-25)17-18-7-6-10-23-16-18/h6-10,15-16H,4-5,11-14,17H2,1-3H3. The summed E-state index contributed by atoms with van der Waals surface area (Å²) in [4.78, 5) is 21.3. The van der Waals surface area contributed by atoms with Crippen LogP contribution in [-0.4, -0.2) is 79.8 Å². The van der Waals surface area contributed by atoms with E-state index in [2.05, 4.69) is 9.88 Å². The third-order valence-electron chi connectivity index (χ3n) is 5.52. The topological polar surface area (TPSA) is 83.1 Å². The number of carbonyl (C=O) groups is 1. The molecular formula is C22H30N4O4S. The van der Waals surface area contributed by atoms with Crippen LogP contribution >= 0.6 is 0 Å². The molecule has 1 aliphatic rings. The average Bonchev–Trinajstić information content (AvgIpc) is 2.80. The van der Waals surface area contributed by atoms with E-state index in [-0.39, 0.29) is 16.6 Å². The van der Waals surface area contributed by atoms with Crippen molar-refractivity contribution in [1.82, 2.24) is 19.1 Å². The van der Waals surface area contributed by atoms with E-state index >= 15 is 0 Å². The van der Waals surface area contributed by atoms with Crippen molar-refractivity contribution in [2.24, 2.45) is 0 Å². The van der Waals surface area contributed by atoms with Gasteiger partial charge in [0.05, 0.1) is 7.11 Å². The number of methoxy groups -OCH3 is 1. The number of ether oxygens (including phenoxy) is 1. The van der Waals surface area contributed by atoms with Crippen molar-refractivity contribution < 1.29 is 17.9 Å². The van der Waals surface area contributed by atoms with Gasteiger partial charge >= 0.3 is 0 Å². The van der Waals surface area contributed by atoms with E-state index in [0.717, 1.165) is 25.2 Å². The molecule has 9 heteroatoms. The zero-order chi connectivity index (χ0) is 22.4. The van der Waals surface area contributed by atoms with Crippen molar-refractivity contribution in [2.45, 2.75) is 25.3 Å². The highest BCUT2D eigenvalue weighted by atomic mass is 32.2. The minimum Gasteiger partial charge on any atom is -0.495 e. The molecule has 8 nitrogen and oxygen atoms in total. The Bertz CT molecular complexity index is 986. The van der Waals surface area contributed by atoms with Gasteiger partial charge in [-0.2, -0.15) is 4.31 Å². The number of amides is 1. The summed E-state index contributed by atoms with van der Waals surface area (Å²) in [7, 11) is -2.32. The highest BCUT2D eigenvalue weighted by Crippen LogP contribution is 2.28. The number of hydrogen-bond acceptors (Lipinski definition) is 6. The highest BCUT2D eigenvalue weighted by molar-refractivity contribution is 7.89. The molecule has 31 heavy (non-hydrogen) atoms. The molecule has 1 saturated heterocycles. The van der Waals surface area contributed by atoms with E-state index in [0.29, 0.717) is 31.7 Å². The molecular weight excluding hydrogens is 416 g/mol. The lowest BCUT2D eigenvalue weighted by atomic mass is 10.1. The van der Waals surface area contributed by atoms with E-state index in [4.69, 9.17) is 4.74 Å². The fourth-order valence-corrected chi connectivity index (χ4v) is 5.39. The Morgan fingerprint density at radius 1 is 1.13 bits per heavy atom. The normalized spacial score (nSPS) is 15.3. The zero-order valence-electron chi connectivity index (χ0n) is 18.3. The molecule has 0 aliphatic carbocycles. The summed E-state index contributed by atoms with van der Waals surface area (Å²) >= 11 is 0. The summed E-state index contributed by atoms with van der Waals surface area (Å²) in [5.74, 6) is 0.0735. The van der Waals surface area contributed by atoms with Gasteiger partial charge in [0.1, 0.15) is 10.6 Å². The number of aromatic nitrogens is 1. The summed E-state index contributed by atoms with van der Waals surface area (Å²) in [6, 6.07) is 8.59. The third-order valence-corrected chi connectivity index (χ3v) is 7.59. The summed E-state index contributed by atoms with van der Waals surface area (Å²) in [5.41, 5.74) is 1.50. The van der Waals surface area contributed by atoms with E-state index in [1.54, 1.807) is 37.1 Å². The lowest BCUT2D eigenvalue weighted by molar-refractivity contribution is 0.0628. The number of sulfonamides is 1. The van der Waals surface area contributed by atoms with E-state index < -0.39 is 10.0 Å². The molecule has 0 N–H and O–H groups in total. The molecule has 0 radical (unpaired) electrons. The van der Waals surface area contributed by atoms with Crippen molar-refractivity contribution in [3.63, 3.8) is 0 Å². The van der Waals surface area contributed by atoms with Crippen molar-refractivity contribution in [3.8, 4) is 5.75 Å². The van der Waals surface area contributed by atoms with E-state index in [1.165, 1.54) is 17.5 Å². The third kappa shape index (κ3) is 5.23. The summed E-state index contributed by atoms with van der Waals surface area (Å²) < 4.78 is 32.7. The fourth-order valence-electron chi connectivity index (χ4n) is 3.76. The molecule has 168 valence electrons. The molecule has 2 aromatic rings. The maximum atomic E-state index is 13.1. The molecule has 0 atom stereocenters. The monoisotopic (exact) mass is 446 g/mol. The van der Waals surface area contributed by atoms with Gasteiger partial charge in [-0.15, -0.1) is 0 Å². The van der Waals surface area contributed by atoms with Crippen LogP contribution in [0.4, 0.5) is 0 Å². The number of nitrogens with zero attached hydrogens (tertiary/aromatic N) is 4. The molecule has 0 spiro atoms. The number of piperazine rings is 1. The van der Waals surface area contributed by atoms with E-state index in [1.807, 2.05) is 18.3 Å². The first-order chi connectivity index (χ1) is 14.9. The smallest absolute Gasteiger partial charge is 0.253 e. The second-order valence-corrected chi connectivity index (χ2v) is 9.29. The van der Waals surface area contributed by atoms with Crippen LogP contribution in [0.25, 0.3) is 0 Å². The van der Waals surface area contributed by atoms with Gasteiger partial charge in [0.2, 0.25) is 10.0 Å². The first-order valence-electron chi connectivity index (χ1n) is 10.5. The highest BCUT2D eigenvalue weighted by Gasteiger charge is 2.28. The first-order valence-corrected chi connectivity index (χ1v) is 11.9. The van der Waals surface area contributed by atoms with Crippen LogP contribution in [0, 0.1) is 0 Å². The van der Waals surface area contributed by atoms with Crippen LogP contribution in [-0.2, 0) is 16.6 Å². The Hall–Kier alpha value is -2.49. The maximum absolute atomic E-state index is 13.1. The van der Waals surface area contributed by atoms with Gasteiger partial charge in [-0.1, -0.05) is 19.9 Å². The Morgan fingerprint density at radius 3 is 2.42 bits per heavy atom. The quantitative estimate of drug-likeness (QED) is 0.617. The van der Waals surface area contributed by atoms with Crippen LogP contribution < -0.4 is 4.74 Å². The second kappa shape index (κ2) is 10.2. The number of benzene rings is 1. The predicted molar refractivity (Wildman–Crippen MR) is 119 cm³/mol. The van der Waals surface area contributed by atoms with Gasteiger partial charge in [0, 0.05) is 63.8 Å². The minimum atomic E-state index is -3.75. The average molecular weight is 447 g/mol. The Morgan fingerprint density at radius 2 is 1.84 bits per heavy atom. The molecule has 0 saturated carbocycles. The molecule has 2 heterocycles.